The number of carbonyl (C=O) groups is 1. The molecule has 0 atom stereocenters. The van der Waals surface area contributed by atoms with Gasteiger partial charge in [0.2, 0.25) is 0 Å². The molecule has 0 aliphatic heterocycles. The number of carbonyl (C=O) groups excluding carboxylic acids is 1. The van der Waals surface area contributed by atoms with Crippen molar-refractivity contribution in [1.29, 1.82) is 0 Å². The third-order valence-corrected chi connectivity index (χ3v) is 6.13. The third-order valence-electron chi connectivity index (χ3n) is 6.13. The minimum atomic E-state index is -0.176. The van der Waals surface area contributed by atoms with E-state index in [0.717, 1.165) is 22.4 Å². The van der Waals surface area contributed by atoms with Crippen molar-refractivity contribution in [3.8, 4) is 11.5 Å². The number of fused-ring (bicyclic) bond motifs is 1. The van der Waals surface area contributed by atoms with Crippen molar-refractivity contribution in [3.05, 3.63) is 83.7 Å². The molecule has 1 amide bonds. The molecule has 0 saturated heterocycles. The zero-order valence-corrected chi connectivity index (χ0v) is 18.2. The second kappa shape index (κ2) is 8.87. The van der Waals surface area contributed by atoms with Crippen molar-refractivity contribution in [2.24, 2.45) is 0 Å². The number of H-pyrrole nitrogens is 1. The van der Waals surface area contributed by atoms with Gasteiger partial charge in [0.1, 0.15) is 11.6 Å². The highest BCUT2D eigenvalue weighted by molar-refractivity contribution is 6.06. The molecule has 5 rings (SSSR count). The van der Waals surface area contributed by atoms with Gasteiger partial charge in [-0.2, -0.15) is 0 Å². The number of aromatic amines is 1. The first-order valence-corrected chi connectivity index (χ1v) is 11.3. The van der Waals surface area contributed by atoms with E-state index < -0.39 is 0 Å². The maximum absolute atomic E-state index is 12.9. The zero-order valence-electron chi connectivity index (χ0n) is 18.2. The Balaban J connectivity index is 1.50. The van der Waals surface area contributed by atoms with Crippen molar-refractivity contribution < 1.29 is 9.53 Å². The molecular weight excluding hydrogens is 398 g/mol. The fraction of sp³-hybridized carbons (Fsp3) is 0.259. The van der Waals surface area contributed by atoms with E-state index >= 15 is 0 Å². The summed E-state index contributed by atoms with van der Waals surface area (Å²) in [5, 5.41) is 3.03. The first-order valence-electron chi connectivity index (χ1n) is 11.3. The molecule has 0 radical (unpaired) electrons. The lowest BCUT2D eigenvalue weighted by Crippen LogP contribution is -2.12. The Hall–Kier alpha value is -3.60. The Kier molecular flexibility index (Phi) is 5.63. The van der Waals surface area contributed by atoms with E-state index in [0.29, 0.717) is 28.7 Å². The highest BCUT2D eigenvalue weighted by Crippen LogP contribution is 2.36. The van der Waals surface area contributed by atoms with E-state index in [1.54, 1.807) is 0 Å². The van der Waals surface area contributed by atoms with Gasteiger partial charge in [0, 0.05) is 17.5 Å². The summed E-state index contributed by atoms with van der Waals surface area (Å²) in [6, 6.07) is 21.0. The number of imidazole rings is 1. The number of amides is 1. The van der Waals surface area contributed by atoms with Crippen molar-refractivity contribution >= 4 is 22.6 Å². The Bertz CT molecular complexity index is 1220. The van der Waals surface area contributed by atoms with Gasteiger partial charge in [0.25, 0.3) is 5.91 Å². The van der Waals surface area contributed by atoms with Gasteiger partial charge in [0.05, 0.1) is 16.7 Å². The molecule has 0 bridgehead atoms. The van der Waals surface area contributed by atoms with Gasteiger partial charge in [-0.3, -0.25) is 4.79 Å². The number of hydrogen-bond donors (Lipinski definition) is 2. The van der Waals surface area contributed by atoms with E-state index in [1.165, 1.54) is 32.1 Å². The van der Waals surface area contributed by atoms with Gasteiger partial charge in [-0.15, -0.1) is 0 Å². The number of nitrogens with one attached hydrogen (secondary N) is 2. The number of hydrogen-bond acceptors (Lipinski definition) is 3. The maximum Gasteiger partial charge on any atom is 0.255 e. The fourth-order valence-electron chi connectivity index (χ4n) is 4.32. The highest BCUT2D eigenvalue weighted by atomic mass is 16.5. The van der Waals surface area contributed by atoms with E-state index in [2.05, 4.69) is 10.3 Å². The summed E-state index contributed by atoms with van der Waals surface area (Å²) in [6.45, 7) is 2.00. The summed E-state index contributed by atoms with van der Waals surface area (Å²) in [4.78, 5) is 21.3. The molecule has 1 heterocycles. The zero-order chi connectivity index (χ0) is 21.9. The molecule has 0 spiro atoms. The lowest BCUT2D eigenvalue weighted by Gasteiger charge is -2.18. The van der Waals surface area contributed by atoms with Crippen LogP contribution in [0.25, 0.3) is 11.0 Å². The van der Waals surface area contributed by atoms with Crippen LogP contribution in [0.15, 0.2) is 66.7 Å². The van der Waals surface area contributed by atoms with Crippen LogP contribution in [0, 0.1) is 6.92 Å². The summed E-state index contributed by atoms with van der Waals surface area (Å²) < 4.78 is 6.17. The number of ether oxygens (including phenoxy) is 1. The first kappa shape index (κ1) is 20.3. The van der Waals surface area contributed by atoms with Gasteiger partial charge in [-0.25, -0.2) is 4.98 Å². The standard InChI is InChI=1S/C27H27N3O2/c1-18-12-14-20(15-13-18)27(31)30-24-16-22-23(17-25(24)32-21-10-6-3-7-11-21)29-26(28-22)19-8-4-2-5-9-19/h3,6-7,10-17,19H,2,4-5,8-9H2,1H3,(H,28,29)(H,30,31). The number of aryl methyl sites for hydroxylation is 1. The Labute approximate surface area is 187 Å². The van der Waals surface area contributed by atoms with Crippen LogP contribution in [0.4, 0.5) is 5.69 Å². The average Bonchev–Trinajstić information content (AvgIpc) is 3.24. The smallest absolute Gasteiger partial charge is 0.255 e. The van der Waals surface area contributed by atoms with E-state index in [4.69, 9.17) is 9.72 Å². The van der Waals surface area contributed by atoms with Gasteiger partial charge in [-0.1, -0.05) is 55.2 Å². The lowest BCUT2D eigenvalue weighted by molar-refractivity contribution is 0.102. The van der Waals surface area contributed by atoms with Crippen LogP contribution in [0.2, 0.25) is 0 Å². The Morgan fingerprint density at radius 2 is 1.75 bits per heavy atom. The van der Waals surface area contributed by atoms with Gasteiger partial charge < -0.3 is 15.0 Å². The predicted molar refractivity (Wildman–Crippen MR) is 128 cm³/mol. The molecule has 1 fully saturated rings. The second-order valence-electron chi connectivity index (χ2n) is 8.56. The van der Waals surface area contributed by atoms with Crippen molar-refractivity contribution in [3.63, 3.8) is 0 Å². The molecule has 1 aromatic heterocycles. The molecule has 1 saturated carbocycles. The highest BCUT2D eigenvalue weighted by Gasteiger charge is 2.20. The molecule has 162 valence electrons. The van der Waals surface area contributed by atoms with Crippen molar-refractivity contribution in [2.45, 2.75) is 44.9 Å². The van der Waals surface area contributed by atoms with Crippen LogP contribution in [0.3, 0.4) is 0 Å². The Morgan fingerprint density at radius 3 is 2.50 bits per heavy atom. The molecule has 2 N–H and O–H groups in total. The third kappa shape index (κ3) is 4.37. The predicted octanol–water partition coefficient (Wildman–Crippen LogP) is 6.96. The lowest BCUT2D eigenvalue weighted by atomic mass is 9.89. The number of anilines is 1. The maximum atomic E-state index is 12.9. The summed E-state index contributed by atoms with van der Waals surface area (Å²) >= 11 is 0. The van der Waals surface area contributed by atoms with Crippen LogP contribution in [0.1, 0.15) is 59.8 Å². The van der Waals surface area contributed by atoms with Crippen LogP contribution in [-0.2, 0) is 0 Å². The van der Waals surface area contributed by atoms with Crippen molar-refractivity contribution in [2.75, 3.05) is 5.32 Å². The molecule has 4 aromatic rings. The quantitative estimate of drug-likeness (QED) is 0.363. The van der Waals surface area contributed by atoms with E-state index in [1.807, 2.05) is 73.7 Å². The van der Waals surface area contributed by atoms with E-state index in [9.17, 15) is 4.79 Å². The molecule has 1 aliphatic carbocycles. The largest absolute Gasteiger partial charge is 0.455 e. The summed E-state index contributed by atoms with van der Waals surface area (Å²) in [5.74, 6) is 2.63. The Morgan fingerprint density at radius 1 is 1.00 bits per heavy atom. The molecule has 5 heteroatoms. The van der Waals surface area contributed by atoms with E-state index in [-0.39, 0.29) is 5.91 Å². The number of nitrogens with zero attached hydrogens (tertiary/aromatic N) is 1. The summed E-state index contributed by atoms with van der Waals surface area (Å²) in [5.41, 5.74) is 4.08. The van der Waals surface area contributed by atoms with Gasteiger partial charge in [0.15, 0.2) is 5.75 Å². The van der Waals surface area contributed by atoms with Crippen LogP contribution in [0.5, 0.6) is 11.5 Å². The number of rotatable bonds is 5. The summed E-state index contributed by atoms with van der Waals surface area (Å²) in [7, 11) is 0. The monoisotopic (exact) mass is 425 g/mol. The minimum absolute atomic E-state index is 0.176. The molecule has 32 heavy (non-hydrogen) atoms. The number of aromatic nitrogens is 2. The molecule has 0 unspecified atom stereocenters. The molecule has 1 aliphatic rings. The fourth-order valence-corrected chi connectivity index (χ4v) is 4.32. The van der Waals surface area contributed by atoms with Crippen molar-refractivity contribution in [1.82, 2.24) is 9.97 Å². The SMILES string of the molecule is Cc1ccc(C(=O)Nc2cc3nc(C4CCCCC4)[nH]c3cc2Oc2ccccc2)cc1. The number of para-hydroxylation sites is 1. The first-order chi connectivity index (χ1) is 15.7. The minimum Gasteiger partial charge on any atom is -0.455 e. The van der Waals surface area contributed by atoms with Crippen LogP contribution in [-0.4, -0.2) is 15.9 Å². The topological polar surface area (TPSA) is 67.0 Å². The van der Waals surface area contributed by atoms with Gasteiger partial charge in [-0.05, 0) is 50.1 Å². The van der Waals surface area contributed by atoms with Gasteiger partial charge >= 0.3 is 0 Å². The normalized spacial score (nSPS) is 14.4. The second-order valence-corrected chi connectivity index (χ2v) is 8.56. The number of benzene rings is 3. The summed E-state index contributed by atoms with van der Waals surface area (Å²) in [6.07, 6.45) is 6.15. The average molecular weight is 426 g/mol. The molecular formula is C27H27N3O2. The molecule has 3 aromatic carbocycles. The molecule has 5 nitrogen and oxygen atoms in total. The van der Waals surface area contributed by atoms with Crippen LogP contribution >= 0.6 is 0 Å². The van der Waals surface area contributed by atoms with Crippen LogP contribution < -0.4 is 10.1 Å².